The van der Waals surface area contributed by atoms with E-state index in [4.69, 9.17) is 11.6 Å². The molecule has 1 rings (SSSR count). The van der Waals surface area contributed by atoms with E-state index in [0.29, 0.717) is 0 Å². The van der Waals surface area contributed by atoms with Crippen LogP contribution < -0.4 is 0 Å². The quantitative estimate of drug-likeness (QED) is 0.664. The van der Waals surface area contributed by atoms with Crippen molar-refractivity contribution < 1.29 is 0 Å². The Hall–Kier alpha value is -0.560. The molecule has 0 radical (unpaired) electrons. The molecule has 0 N–H and O–H groups in total. The van der Waals surface area contributed by atoms with Crippen molar-refractivity contribution in [3.05, 3.63) is 28.5 Å². The fraction of sp³-hybridized carbons (Fsp3) is 0.444. The Balaban J connectivity index is 3.13. The molecule has 0 aliphatic heterocycles. The van der Waals surface area contributed by atoms with Crippen LogP contribution in [0, 0.1) is 0 Å². The second-order valence-electron chi connectivity index (χ2n) is 2.47. The molecule has 0 amide bonds. The second kappa shape index (κ2) is 3.72. The summed E-state index contributed by atoms with van der Waals surface area (Å²) in [4.78, 5) is 4.03. The molecule has 2 heteroatoms. The molecule has 0 spiro atoms. The Morgan fingerprint density at radius 1 is 1.27 bits per heavy atom. The minimum atomic E-state index is 0.798. The highest BCUT2D eigenvalue weighted by Gasteiger charge is 2.02. The number of halogens is 1. The summed E-state index contributed by atoms with van der Waals surface area (Å²) in [5.41, 5.74) is 2.50. The SMILES string of the molecule is CCc1cncc(Cl)c1CC. The Morgan fingerprint density at radius 2 is 2.00 bits per heavy atom. The number of rotatable bonds is 2. The number of hydrogen-bond donors (Lipinski definition) is 0. The molecule has 0 aliphatic carbocycles. The van der Waals surface area contributed by atoms with Crippen molar-refractivity contribution in [1.29, 1.82) is 0 Å². The molecule has 0 unspecified atom stereocenters. The summed E-state index contributed by atoms with van der Waals surface area (Å²) < 4.78 is 0. The van der Waals surface area contributed by atoms with Crippen LogP contribution in [0.1, 0.15) is 25.0 Å². The number of pyridine rings is 1. The minimum Gasteiger partial charge on any atom is -0.263 e. The Morgan fingerprint density at radius 3 is 2.45 bits per heavy atom. The summed E-state index contributed by atoms with van der Waals surface area (Å²) in [6.07, 6.45) is 5.60. The molecule has 0 aromatic carbocycles. The molecule has 0 saturated carbocycles. The van der Waals surface area contributed by atoms with Crippen molar-refractivity contribution in [1.82, 2.24) is 4.98 Å². The first kappa shape index (κ1) is 8.54. The van der Waals surface area contributed by atoms with Gasteiger partial charge in [0, 0.05) is 12.4 Å². The van der Waals surface area contributed by atoms with E-state index in [1.54, 1.807) is 6.20 Å². The van der Waals surface area contributed by atoms with Crippen LogP contribution in [0.15, 0.2) is 12.4 Å². The maximum Gasteiger partial charge on any atom is 0.0623 e. The first-order valence-electron chi connectivity index (χ1n) is 3.90. The van der Waals surface area contributed by atoms with E-state index in [2.05, 4.69) is 18.8 Å². The van der Waals surface area contributed by atoms with Crippen LogP contribution >= 0.6 is 11.6 Å². The molecular weight excluding hydrogens is 158 g/mol. The average Bonchev–Trinajstić information content (AvgIpc) is 2.04. The maximum absolute atomic E-state index is 5.95. The van der Waals surface area contributed by atoms with Crippen LogP contribution in [-0.4, -0.2) is 4.98 Å². The van der Waals surface area contributed by atoms with Gasteiger partial charge >= 0.3 is 0 Å². The van der Waals surface area contributed by atoms with Crippen molar-refractivity contribution in [3.63, 3.8) is 0 Å². The van der Waals surface area contributed by atoms with Gasteiger partial charge in [-0.25, -0.2) is 0 Å². The monoisotopic (exact) mass is 169 g/mol. The van der Waals surface area contributed by atoms with Gasteiger partial charge in [0.2, 0.25) is 0 Å². The lowest BCUT2D eigenvalue weighted by atomic mass is 10.1. The van der Waals surface area contributed by atoms with Crippen LogP contribution in [0.3, 0.4) is 0 Å². The van der Waals surface area contributed by atoms with Crippen molar-refractivity contribution in [2.75, 3.05) is 0 Å². The second-order valence-corrected chi connectivity index (χ2v) is 2.87. The lowest BCUT2D eigenvalue weighted by molar-refractivity contribution is 1.01. The van der Waals surface area contributed by atoms with Gasteiger partial charge < -0.3 is 0 Å². The van der Waals surface area contributed by atoms with Crippen molar-refractivity contribution in [2.45, 2.75) is 26.7 Å². The van der Waals surface area contributed by atoms with Crippen LogP contribution in [0.5, 0.6) is 0 Å². The molecule has 1 heterocycles. The summed E-state index contributed by atoms with van der Waals surface area (Å²) in [7, 11) is 0. The fourth-order valence-electron chi connectivity index (χ4n) is 1.20. The number of nitrogens with zero attached hydrogens (tertiary/aromatic N) is 1. The average molecular weight is 170 g/mol. The smallest absolute Gasteiger partial charge is 0.0623 e. The van der Waals surface area contributed by atoms with Crippen molar-refractivity contribution in [2.24, 2.45) is 0 Å². The topological polar surface area (TPSA) is 12.9 Å². The van der Waals surface area contributed by atoms with Gasteiger partial charge in [-0.15, -0.1) is 0 Å². The van der Waals surface area contributed by atoms with Gasteiger partial charge in [0.05, 0.1) is 5.02 Å². The zero-order chi connectivity index (χ0) is 8.27. The van der Waals surface area contributed by atoms with E-state index in [1.807, 2.05) is 6.20 Å². The predicted molar refractivity (Wildman–Crippen MR) is 48.0 cm³/mol. The highest BCUT2D eigenvalue weighted by Crippen LogP contribution is 2.19. The largest absolute Gasteiger partial charge is 0.263 e. The summed E-state index contributed by atoms with van der Waals surface area (Å²) in [5.74, 6) is 0. The van der Waals surface area contributed by atoms with Crippen LogP contribution in [0.25, 0.3) is 0 Å². The third-order valence-electron chi connectivity index (χ3n) is 1.83. The Labute approximate surface area is 72.4 Å². The van der Waals surface area contributed by atoms with Gasteiger partial charge in [-0.1, -0.05) is 25.4 Å². The first-order chi connectivity index (χ1) is 5.29. The van der Waals surface area contributed by atoms with Crippen LogP contribution in [0.2, 0.25) is 5.02 Å². The van der Waals surface area contributed by atoms with E-state index in [1.165, 1.54) is 11.1 Å². The van der Waals surface area contributed by atoms with E-state index in [0.717, 1.165) is 17.9 Å². The molecule has 0 bridgehead atoms. The minimum absolute atomic E-state index is 0.798. The molecule has 1 aromatic heterocycles. The molecule has 0 atom stereocenters. The Bertz CT molecular complexity index is 245. The van der Waals surface area contributed by atoms with Gasteiger partial charge in [-0.05, 0) is 24.0 Å². The molecule has 1 aromatic rings. The zero-order valence-electron chi connectivity index (χ0n) is 6.89. The summed E-state index contributed by atoms with van der Waals surface area (Å²) in [6, 6.07) is 0. The van der Waals surface area contributed by atoms with E-state index in [-0.39, 0.29) is 0 Å². The molecule has 60 valence electrons. The molecular formula is C9H12ClN. The van der Waals surface area contributed by atoms with Gasteiger partial charge in [0.1, 0.15) is 0 Å². The number of aryl methyl sites for hydroxylation is 1. The van der Waals surface area contributed by atoms with Crippen LogP contribution in [0.4, 0.5) is 0 Å². The van der Waals surface area contributed by atoms with E-state index >= 15 is 0 Å². The normalized spacial score (nSPS) is 10.1. The van der Waals surface area contributed by atoms with E-state index in [9.17, 15) is 0 Å². The lowest BCUT2D eigenvalue weighted by Crippen LogP contribution is -1.92. The highest BCUT2D eigenvalue weighted by atomic mass is 35.5. The van der Waals surface area contributed by atoms with Gasteiger partial charge in [-0.3, -0.25) is 4.98 Å². The lowest BCUT2D eigenvalue weighted by Gasteiger charge is -2.05. The van der Waals surface area contributed by atoms with Gasteiger partial charge in [0.15, 0.2) is 0 Å². The highest BCUT2D eigenvalue weighted by molar-refractivity contribution is 6.31. The molecule has 0 fully saturated rings. The third-order valence-corrected chi connectivity index (χ3v) is 2.15. The molecule has 0 saturated heterocycles. The third kappa shape index (κ3) is 1.72. The van der Waals surface area contributed by atoms with Crippen molar-refractivity contribution in [3.8, 4) is 0 Å². The van der Waals surface area contributed by atoms with Gasteiger partial charge in [0.25, 0.3) is 0 Å². The molecule has 0 aliphatic rings. The maximum atomic E-state index is 5.95. The molecule has 1 nitrogen and oxygen atoms in total. The zero-order valence-corrected chi connectivity index (χ0v) is 7.65. The van der Waals surface area contributed by atoms with Crippen LogP contribution in [-0.2, 0) is 12.8 Å². The summed E-state index contributed by atoms with van der Waals surface area (Å²) >= 11 is 5.95. The van der Waals surface area contributed by atoms with Crippen molar-refractivity contribution >= 4 is 11.6 Å². The Kier molecular flexibility index (Phi) is 2.89. The van der Waals surface area contributed by atoms with E-state index < -0.39 is 0 Å². The molecule has 11 heavy (non-hydrogen) atoms. The standard InChI is InChI=1S/C9H12ClN/c1-3-7-5-11-6-9(10)8(7)4-2/h5-6H,3-4H2,1-2H3. The predicted octanol–water partition coefficient (Wildman–Crippen LogP) is 2.86. The summed E-state index contributed by atoms with van der Waals surface area (Å²) in [6.45, 7) is 4.23. The number of aromatic nitrogens is 1. The fourth-order valence-corrected chi connectivity index (χ4v) is 1.51. The first-order valence-corrected chi connectivity index (χ1v) is 4.28. The number of hydrogen-bond acceptors (Lipinski definition) is 1. The summed E-state index contributed by atoms with van der Waals surface area (Å²) in [5, 5.41) is 0.798. The van der Waals surface area contributed by atoms with Gasteiger partial charge in [-0.2, -0.15) is 0 Å².